The maximum atomic E-state index is 13.3. The molecule has 1 aromatic carbocycles. The lowest BCUT2D eigenvalue weighted by Crippen LogP contribution is -2.47. The van der Waals surface area contributed by atoms with Gasteiger partial charge in [-0.15, -0.1) is 0 Å². The third kappa shape index (κ3) is 4.13. The van der Waals surface area contributed by atoms with E-state index in [1.165, 1.54) is 12.7 Å². The van der Waals surface area contributed by atoms with Crippen LogP contribution in [0.4, 0.5) is 22.5 Å². The van der Waals surface area contributed by atoms with Crippen LogP contribution in [0, 0.1) is 11.3 Å². The van der Waals surface area contributed by atoms with E-state index < -0.39 is 5.54 Å². The van der Waals surface area contributed by atoms with Crippen molar-refractivity contribution in [2.45, 2.75) is 63.2 Å². The van der Waals surface area contributed by atoms with Gasteiger partial charge in [-0.1, -0.05) is 30.3 Å². The van der Waals surface area contributed by atoms with Gasteiger partial charge in [0.2, 0.25) is 11.9 Å². The lowest BCUT2D eigenvalue weighted by molar-refractivity contribution is 0.142. The largest absolute Gasteiger partial charge is 0.467 e. The normalized spacial score (nSPS) is 23.1. The maximum absolute atomic E-state index is 13.3. The minimum atomic E-state index is -0.582. The molecule has 0 bridgehead atoms. The van der Waals surface area contributed by atoms with E-state index in [1.54, 1.807) is 0 Å². The van der Waals surface area contributed by atoms with Gasteiger partial charge in [0.1, 0.15) is 6.04 Å². The predicted octanol–water partition coefficient (Wildman–Crippen LogP) is 3.16. The van der Waals surface area contributed by atoms with Crippen LogP contribution in [0.3, 0.4) is 0 Å². The molecule has 1 aliphatic carbocycles. The Morgan fingerprint density at radius 2 is 2.05 bits per heavy atom. The number of fused-ring (bicyclic) bond motifs is 1. The number of ether oxygens (including phenoxy) is 1. The van der Waals surface area contributed by atoms with Crippen molar-refractivity contribution >= 4 is 23.7 Å². The van der Waals surface area contributed by atoms with E-state index in [-0.39, 0.29) is 30.1 Å². The van der Waals surface area contributed by atoms with Crippen LogP contribution in [-0.2, 0) is 12.1 Å². The quantitative estimate of drug-likeness (QED) is 0.451. The zero-order valence-corrected chi connectivity index (χ0v) is 21.6. The highest BCUT2D eigenvalue weighted by Gasteiger charge is 2.47. The Morgan fingerprint density at radius 1 is 1.24 bits per heavy atom. The Bertz CT molecular complexity index is 1400. The average molecular weight is 515 g/mol. The number of hydrogen-bond acceptors (Lipinski definition) is 9. The van der Waals surface area contributed by atoms with E-state index in [4.69, 9.17) is 4.74 Å². The Labute approximate surface area is 220 Å². The summed E-state index contributed by atoms with van der Waals surface area (Å²) >= 11 is 0. The number of methoxy groups -OCH3 is 1. The molecule has 3 N–H and O–H groups in total. The van der Waals surface area contributed by atoms with Gasteiger partial charge in [0, 0.05) is 24.1 Å². The summed E-state index contributed by atoms with van der Waals surface area (Å²) in [4.78, 5) is 30.3. The van der Waals surface area contributed by atoms with Gasteiger partial charge in [-0.2, -0.15) is 25.3 Å². The van der Waals surface area contributed by atoms with Gasteiger partial charge >= 0.3 is 12.0 Å². The second-order valence-electron chi connectivity index (χ2n) is 10.4. The molecule has 12 nitrogen and oxygen atoms in total. The summed E-state index contributed by atoms with van der Waals surface area (Å²) in [5.74, 6) is 1.53. The van der Waals surface area contributed by atoms with E-state index in [1.807, 2.05) is 41.8 Å². The van der Waals surface area contributed by atoms with Gasteiger partial charge in [-0.25, -0.2) is 4.79 Å². The van der Waals surface area contributed by atoms with Gasteiger partial charge in [0.05, 0.1) is 31.0 Å². The molecular weight excluding hydrogens is 484 g/mol. The number of benzene rings is 1. The van der Waals surface area contributed by atoms with Crippen LogP contribution >= 0.6 is 0 Å². The first-order valence-corrected chi connectivity index (χ1v) is 12.8. The number of hydrogen-bond donors (Lipinski definition) is 3. The number of nitrogens with one attached hydrogen (secondary N) is 3. The molecule has 0 radical (unpaired) electrons. The van der Waals surface area contributed by atoms with Crippen molar-refractivity contribution in [1.82, 2.24) is 35.4 Å². The average Bonchev–Trinajstić information content (AvgIpc) is 3.23. The van der Waals surface area contributed by atoms with Crippen molar-refractivity contribution in [2.24, 2.45) is 0 Å². The van der Waals surface area contributed by atoms with Crippen LogP contribution in [0.25, 0.3) is 0 Å². The summed E-state index contributed by atoms with van der Waals surface area (Å²) in [6.45, 7) is 5.07. The van der Waals surface area contributed by atoms with Crippen molar-refractivity contribution in [1.29, 1.82) is 5.26 Å². The summed E-state index contributed by atoms with van der Waals surface area (Å²) in [6, 6.07) is 12.5. The fourth-order valence-corrected chi connectivity index (χ4v) is 5.47. The number of H-pyrrole nitrogens is 1. The molecule has 3 aliphatic rings. The first-order valence-electron chi connectivity index (χ1n) is 12.8. The molecule has 0 spiro atoms. The fourth-order valence-electron chi connectivity index (χ4n) is 5.47. The molecule has 2 amide bonds. The Morgan fingerprint density at radius 3 is 2.82 bits per heavy atom. The number of aromatic nitrogens is 5. The number of nitrogens with zero attached hydrogens (tertiary/aromatic N) is 7. The molecule has 2 fully saturated rings. The van der Waals surface area contributed by atoms with Crippen LogP contribution in [0.15, 0.2) is 30.3 Å². The second kappa shape index (κ2) is 9.16. The molecule has 3 aromatic rings. The molecule has 1 saturated heterocycles. The SMILES string of the molecule is COc1nc(Nc2n[nH]c3c2CN(C(=O)NC2CC2c2ccccc2)C3(C)C)nc(N2CCC[C@H]2C#N)n1. The van der Waals surface area contributed by atoms with E-state index in [2.05, 4.69) is 54.0 Å². The summed E-state index contributed by atoms with van der Waals surface area (Å²) < 4.78 is 5.30. The number of amides is 2. The molecule has 2 aliphatic heterocycles. The topological polar surface area (TPSA) is 148 Å². The molecule has 6 rings (SSSR count). The smallest absolute Gasteiger partial charge is 0.322 e. The maximum Gasteiger partial charge on any atom is 0.322 e. The van der Waals surface area contributed by atoms with Crippen molar-refractivity contribution in [3.05, 3.63) is 47.2 Å². The molecule has 38 heavy (non-hydrogen) atoms. The molecule has 2 unspecified atom stereocenters. The highest BCUT2D eigenvalue weighted by Crippen LogP contribution is 2.43. The van der Waals surface area contributed by atoms with Gasteiger partial charge in [0.25, 0.3) is 0 Å². The molecule has 2 aromatic heterocycles. The number of anilines is 3. The highest BCUT2D eigenvalue weighted by atomic mass is 16.5. The molecule has 1 saturated carbocycles. The van der Waals surface area contributed by atoms with E-state index in [0.717, 1.165) is 30.5 Å². The molecule has 196 valence electrons. The van der Waals surface area contributed by atoms with Crippen molar-refractivity contribution in [3.8, 4) is 12.1 Å². The van der Waals surface area contributed by atoms with Crippen LogP contribution in [0.5, 0.6) is 6.01 Å². The number of carbonyl (C=O) groups is 1. The van der Waals surface area contributed by atoms with Gasteiger partial charge in [-0.05, 0) is 38.7 Å². The van der Waals surface area contributed by atoms with Crippen molar-refractivity contribution in [3.63, 3.8) is 0 Å². The van der Waals surface area contributed by atoms with Crippen molar-refractivity contribution < 1.29 is 9.53 Å². The molecule has 12 heteroatoms. The number of rotatable bonds is 6. The number of nitriles is 1. The first kappa shape index (κ1) is 24.0. The monoisotopic (exact) mass is 514 g/mol. The number of urea groups is 1. The molecular formula is C26H30N10O2. The Kier molecular flexibility index (Phi) is 5.78. The van der Waals surface area contributed by atoms with Crippen LogP contribution in [0.1, 0.15) is 55.8 Å². The lowest BCUT2D eigenvalue weighted by Gasteiger charge is -2.32. The summed E-state index contributed by atoms with van der Waals surface area (Å²) in [5.41, 5.74) is 2.40. The zero-order chi connectivity index (χ0) is 26.4. The van der Waals surface area contributed by atoms with Crippen LogP contribution in [-0.4, -0.2) is 61.8 Å². The molecule has 4 heterocycles. The lowest BCUT2D eigenvalue weighted by atomic mass is 10.0. The number of carbonyl (C=O) groups excluding carboxylic acids is 1. The minimum absolute atomic E-state index is 0.102. The third-order valence-electron chi connectivity index (χ3n) is 7.72. The standard InChI is InChI=1S/C26H30N10O2/c1-26(2)20-18(14-36(26)25(37)28-19-12-17(19)15-8-5-4-6-9-15)21(34-33-20)29-22-30-23(32-24(31-22)38-3)35-11-7-10-16(35)13-27/h4-6,8-9,16-17,19H,7,10-12,14H2,1-3H3,(H,28,37)(H2,29,30,31,32,33,34)/t16-,17?,19?/m0/s1. The summed E-state index contributed by atoms with van der Waals surface area (Å²) in [6.07, 6.45) is 2.60. The Balaban J connectivity index is 1.19. The van der Waals surface area contributed by atoms with E-state index in [0.29, 0.717) is 30.8 Å². The van der Waals surface area contributed by atoms with Gasteiger partial charge in [-0.3, -0.25) is 5.10 Å². The first-order chi connectivity index (χ1) is 18.4. The third-order valence-corrected chi connectivity index (χ3v) is 7.72. The van der Waals surface area contributed by atoms with Crippen LogP contribution in [0.2, 0.25) is 0 Å². The number of aromatic amines is 1. The summed E-state index contributed by atoms with van der Waals surface area (Å²) in [7, 11) is 1.49. The second-order valence-corrected chi connectivity index (χ2v) is 10.4. The Hall–Kier alpha value is -4.40. The fraction of sp³-hybridized carbons (Fsp3) is 0.462. The van der Waals surface area contributed by atoms with Crippen molar-refractivity contribution in [2.75, 3.05) is 23.9 Å². The minimum Gasteiger partial charge on any atom is -0.467 e. The summed E-state index contributed by atoms with van der Waals surface area (Å²) in [5, 5.41) is 23.5. The van der Waals surface area contributed by atoms with E-state index in [9.17, 15) is 10.1 Å². The predicted molar refractivity (Wildman–Crippen MR) is 139 cm³/mol. The van der Waals surface area contributed by atoms with Gasteiger partial charge in [0.15, 0.2) is 5.82 Å². The van der Waals surface area contributed by atoms with Gasteiger partial charge < -0.3 is 25.2 Å². The molecule has 3 atom stereocenters. The zero-order valence-electron chi connectivity index (χ0n) is 21.6. The van der Waals surface area contributed by atoms with Crippen LogP contribution < -0.4 is 20.3 Å². The highest BCUT2D eigenvalue weighted by molar-refractivity contribution is 5.78. The van der Waals surface area contributed by atoms with E-state index >= 15 is 0 Å².